The largest absolute Gasteiger partial charge is 0.456 e. The maximum atomic E-state index is 6.56. The molecule has 0 fully saturated rings. The highest BCUT2D eigenvalue weighted by Crippen LogP contribution is 2.45. The van der Waals surface area contributed by atoms with Gasteiger partial charge in [0.2, 0.25) is 0 Å². The molecule has 0 aliphatic carbocycles. The average Bonchev–Trinajstić information content (AvgIpc) is 3.82. The highest BCUT2D eigenvalue weighted by atomic mass is 16.3. The molecule has 55 heavy (non-hydrogen) atoms. The van der Waals surface area contributed by atoms with Gasteiger partial charge in [-0.15, -0.1) is 0 Å². The maximum Gasteiger partial charge on any atom is 0.143 e. The minimum absolute atomic E-state index is 0.851. The zero-order chi connectivity index (χ0) is 36.3. The first-order chi connectivity index (χ1) is 27.2. The van der Waals surface area contributed by atoms with Crippen molar-refractivity contribution in [2.24, 2.45) is 0 Å². The van der Waals surface area contributed by atoms with Crippen LogP contribution in [0.4, 0.5) is 17.1 Å². The molecule has 0 atom stereocenters. The summed E-state index contributed by atoms with van der Waals surface area (Å²) in [5, 5.41) is 6.94. The Morgan fingerprint density at radius 2 is 0.855 bits per heavy atom. The third kappa shape index (κ3) is 5.28. The molecule has 0 bridgehead atoms. The molecule has 2 aromatic heterocycles. The van der Waals surface area contributed by atoms with E-state index in [1.807, 2.05) is 24.3 Å². The first-order valence-electron chi connectivity index (χ1n) is 18.7. The van der Waals surface area contributed by atoms with Crippen LogP contribution >= 0.6 is 0 Å². The predicted molar refractivity (Wildman–Crippen MR) is 229 cm³/mol. The summed E-state index contributed by atoms with van der Waals surface area (Å²) in [7, 11) is 0. The third-order valence-corrected chi connectivity index (χ3v) is 10.9. The van der Waals surface area contributed by atoms with Crippen LogP contribution in [0.1, 0.15) is 0 Å². The summed E-state index contributed by atoms with van der Waals surface area (Å²) in [6.45, 7) is 0. The van der Waals surface area contributed by atoms with E-state index >= 15 is 0 Å². The number of furan rings is 2. The van der Waals surface area contributed by atoms with Gasteiger partial charge >= 0.3 is 0 Å². The minimum Gasteiger partial charge on any atom is -0.456 e. The van der Waals surface area contributed by atoms with Gasteiger partial charge in [0.05, 0.1) is 5.69 Å². The highest BCUT2D eigenvalue weighted by molar-refractivity contribution is 6.11. The highest BCUT2D eigenvalue weighted by Gasteiger charge is 2.21. The van der Waals surface area contributed by atoms with Gasteiger partial charge in [0.15, 0.2) is 0 Å². The Bertz CT molecular complexity index is 3200. The van der Waals surface area contributed by atoms with Crippen molar-refractivity contribution in [3.05, 3.63) is 200 Å². The first-order valence-corrected chi connectivity index (χ1v) is 18.7. The molecule has 9 aromatic carbocycles. The predicted octanol–water partition coefficient (Wildman–Crippen LogP) is 15.1. The van der Waals surface area contributed by atoms with Crippen molar-refractivity contribution in [2.45, 2.75) is 0 Å². The smallest absolute Gasteiger partial charge is 0.143 e. The molecule has 0 unspecified atom stereocenters. The maximum absolute atomic E-state index is 6.56. The molecule has 0 radical (unpaired) electrons. The Balaban J connectivity index is 1.03. The fourth-order valence-corrected chi connectivity index (χ4v) is 8.16. The summed E-state index contributed by atoms with van der Waals surface area (Å²) in [5.74, 6) is 0. The van der Waals surface area contributed by atoms with Crippen LogP contribution in [-0.2, 0) is 0 Å². The Morgan fingerprint density at radius 1 is 0.309 bits per heavy atom. The molecule has 0 saturated heterocycles. The van der Waals surface area contributed by atoms with Crippen molar-refractivity contribution in [3.8, 4) is 33.4 Å². The lowest BCUT2D eigenvalue weighted by Crippen LogP contribution is -2.11. The molecule has 0 spiro atoms. The Morgan fingerprint density at radius 3 is 1.65 bits per heavy atom. The van der Waals surface area contributed by atoms with Gasteiger partial charge in [0.25, 0.3) is 0 Å². The quantitative estimate of drug-likeness (QED) is 0.173. The summed E-state index contributed by atoms with van der Waals surface area (Å²) in [5.41, 5.74) is 13.4. The van der Waals surface area contributed by atoms with E-state index in [9.17, 15) is 0 Å². The number of fused-ring (bicyclic) bond motifs is 7. The molecule has 258 valence electrons. The Hall–Kier alpha value is -7.36. The van der Waals surface area contributed by atoms with Crippen molar-refractivity contribution in [2.75, 3.05) is 4.90 Å². The SMILES string of the molecule is c1ccc(N(c2ccc(-c3ccc(-c4ccc5ccccc5c4)cc3)cc2)c2ccc3c(c2)oc2ccccc23)c(-c2cccc3c2oc2ccccc23)c1. The molecule has 11 rings (SSSR count). The summed E-state index contributed by atoms with van der Waals surface area (Å²) in [4.78, 5) is 2.33. The lowest BCUT2D eigenvalue weighted by Gasteiger charge is -2.28. The molecular formula is C52H33NO2. The molecule has 3 heteroatoms. The van der Waals surface area contributed by atoms with E-state index in [2.05, 4.69) is 181 Å². The molecular weight excluding hydrogens is 671 g/mol. The van der Waals surface area contributed by atoms with Gasteiger partial charge in [-0.25, -0.2) is 0 Å². The lowest BCUT2D eigenvalue weighted by atomic mass is 9.97. The van der Waals surface area contributed by atoms with Gasteiger partial charge in [-0.05, 0) is 81.6 Å². The molecule has 0 aliphatic heterocycles. The third-order valence-electron chi connectivity index (χ3n) is 10.9. The van der Waals surface area contributed by atoms with E-state index < -0.39 is 0 Å². The molecule has 3 nitrogen and oxygen atoms in total. The number of hydrogen-bond donors (Lipinski definition) is 0. The second-order valence-electron chi connectivity index (χ2n) is 14.1. The van der Waals surface area contributed by atoms with Crippen molar-refractivity contribution >= 4 is 71.7 Å². The fourth-order valence-electron chi connectivity index (χ4n) is 8.16. The van der Waals surface area contributed by atoms with Crippen molar-refractivity contribution in [1.29, 1.82) is 0 Å². The number of rotatable bonds is 6. The summed E-state index contributed by atoms with van der Waals surface area (Å²) < 4.78 is 13.0. The van der Waals surface area contributed by atoms with E-state index in [1.54, 1.807) is 0 Å². The molecule has 0 amide bonds. The Kier molecular flexibility index (Phi) is 7.17. The van der Waals surface area contributed by atoms with Crippen LogP contribution in [0.2, 0.25) is 0 Å². The van der Waals surface area contributed by atoms with E-state index in [4.69, 9.17) is 8.83 Å². The molecule has 11 aromatic rings. The van der Waals surface area contributed by atoms with Crippen LogP contribution in [0.15, 0.2) is 209 Å². The van der Waals surface area contributed by atoms with Crippen molar-refractivity contribution in [1.82, 2.24) is 0 Å². The number of para-hydroxylation sites is 4. The molecule has 0 aliphatic rings. The zero-order valence-electron chi connectivity index (χ0n) is 29.8. The second-order valence-corrected chi connectivity index (χ2v) is 14.1. The van der Waals surface area contributed by atoms with Gasteiger partial charge in [0, 0.05) is 50.1 Å². The number of benzene rings is 9. The van der Waals surface area contributed by atoms with Gasteiger partial charge in [-0.1, -0.05) is 146 Å². The monoisotopic (exact) mass is 703 g/mol. The van der Waals surface area contributed by atoms with Crippen LogP contribution in [0.3, 0.4) is 0 Å². The topological polar surface area (TPSA) is 29.5 Å². The minimum atomic E-state index is 0.851. The van der Waals surface area contributed by atoms with Crippen molar-refractivity contribution < 1.29 is 8.83 Å². The average molecular weight is 704 g/mol. The molecule has 0 N–H and O–H groups in total. The normalized spacial score (nSPS) is 11.6. The van der Waals surface area contributed by atoms with E-state index in [0.717, 1.165) is 77.6 Å². The van der Waals surface area contributed by atoms with E-state index in [-0.39, 0.29) is 0 Å². The van der Waals surface area contributed by atoms with Gasteiger partial charge in [-0.3, -0.25) is 0 Å². The summed E-state index contributed by atoms with van der Waals surface area (Å²) in [6.07, 6.45) is 0. The zero-order valence-corrected chi connectivity index (χ0v) is 29.8. The lowest BCUT2D eigenvalue weighted by molar-refractivity contribution is 0.669. The standard InChI is InChI=1S/C52H33NO2/c1-2-11-38-32-39(25-24-34(38)10-1)37-22-20-35(21-23-37)36-26-28-40(29-27-36)53(41-30-31-45-43-13-4-7-18-49(43)54-51(45)33-41)48-17-6-3-12-42(48)46-15-9-16-47-44-14-5-8-19-50(44)55-52(46)47/h1-33H. The van der Waals surface area contributed by atoms with Crippen LogP contribution < -0.4 is 4.90 Å². The number of hydrogen-bond acceptors (Lipinski definition) is 3. The fraction of sp³-hybridized carbons (Fsp3) is 0. The number of anilines is 3. The molecule has 2 heterocycles. The first kappa shape index (κ1) is 31.2. The molecule has 0 saturated carbocycles. The summed E-state index contributed by atoms with van der Waals surface area (Å²) >= 11 is 0. The van der Waals surface area contributed by atoms with Crippen LogP contribution in [0.5, 0.6) is 0 Å². The number of nitrogens with zero attached hydrogens (tertiary/aromatic N) is 1. The van der Waals surface area contributed by atoms with E-state index in [0.29, 0.717) is 0 Å². The van der Waals surface area contributed by atoms with Crippen LogP contribution in [0, 0.1) is 0 Å². The Labute approximate surface area is 317 Å². The van der Waals surface area contributed by atoms with Crippen molar-refractivity contribution in [3.63, 3.8) is 0 Å². The summed E-state index contributed by atoms with van der Waals surface area (Å²) in [6, 6.07) is 71.0. The van der Waals surface area contributed by atoms with Gasteiger partial charge in [0.1, 0.15) is 22.3 Å². The van der Waals surface area contributed by atoms with Gasteiger partial charge in [-0.2, -0.15) is 0 Å². The van der Waals surface area contributed by atoms with Gasteiger partial charge < -0.3 is 13.7 Å². The van der Waals surface area contributed by atoms with E-state index in [1.165, 1.54) is 27.5 Å². The van der Waals surface area contributed by atoms with Crippen LogP contribution in [0.25, 0.3) is 88.0 Å². The second kappa shape index (κ2) is 12.6. The van der Waals surface area contributed by atoms with Crippen LogP contribution in [-0.4, -0.2) is 0 Å².